The van der Waals surface area contributed by atoms with E-state index in [1.165, 1.54) is 15.1 Å². The van der Waals surface area contributed by atoms with Crippen LogP contribution < -0.4 is 5.32 Å². The molecule has 1 unspecified atom stereocenters. The van der Waals surface area contributed by atoms with Gasteiger partial charge in [-0.05, 0) is 53.8 Å². The van der Waals surface area contributed by atoms with Crippen LogP contribution >= 0.6 is 0 Å². The van der Waals surface area contributed by atoms with E-state index in [-0.39, 0.29) is 4.90 Å². The summed E-state index contributed by atoms with van der Waals surface area (Å²) >= 11 is 0. The molecule has 4 aromatic rings. The van der Waals surface area contributed by atoms with Gasteiger partial charge in [0.2, 0.25) is 0 Å². The van der Waals surface area contributed by atoms with Crippen LogP contribution in [0.15, 0.2) is 108 Å². The van der Waals surface area contributed by atoms with Crippen molar-refractivity contribution in [2.45, 2.75) is 23.8 Å². The smallest absolute Gasteiger partial charge is 0.268 e. The zero-order valence-electron chi connectivity index (χ0n) is 18.3. The molecule has 1 aliphatic rings. The van der Waals surface area contributed by atoms with Crippen molar-refractivity contribution in [3.05, 3.63) is 114 Å². The monoisotopic (exact) mass is 454 g/mol. The average Bonchev–Trinajstić information content (AvgIpc) is 3.31. The highest BCUT2D eigenvalue weighted by Crippen LogP contribution is 2.27. The van der Waals surface area contributed by atoms with Gasteiger partial charge in [-0.15, -0.1) is 0 Å². The number of fused-ring (bicyclic) bond motifs is 1. The largest absolute Gasteiger partial charge is 0.310 e. The van der Waals surface area contributed by atoms with E-state index in [1.54, 1.807) is 30.5 Å². The predicted molar refractivity (Wildman–Crippen MR) is 135 cm³/mol. The van der Waals surface area contributed by atoms with E-state index in [2.05, 4.69) is 47.8 Å². The number of nitrogens with zero attached hydrogens (tertiary/aromatic N) is 1. The molecule has 1 aliphatic heterocycles. The molecule has 0 fully saturated rings. The second kappa shape index (κ2) is 9.22. The van der Waals surface area contributed by atoms with Crippen LogP contribution in [0, 0.1) is 0 Å². The summed E-state index contributed by atoms with van der Waals surface area (Å²) < 4.78 is 27.6. The Labute approximate surface area is 194 Å². The van der Waals surface area contributed by atoms with Crippen molar-refractivity contribution in [1.29, 1.82) is 0 Å². The van der Waals surface area contributed by atoms with Crippen molar-refractivity contribution in [3.8, 4) is 0 Å². The molecule has 0 spiro atoms. The fraction of sp³-hybridized carbons (Fsp3) is 0.143. The molecule has 1 aromatic heterocycles. The molecular weight excluding hydrogens is 428 g/mol. The molecular formula is C28H26N2O2S. The fourth-order valence-electron chi connectivity index (χ4n) is 4.41. The first kappa shape index (κ1) is 21.4. The van der Waals surface area contributed by atoms with Gasteiger partial charge in [0.05, 0.1) is 10.4 Å². The Morgan fingerprint density at radius 1 is 0.909 bits per heavy atom. The van der Waals surface area contributed by atoms with E-state index in [4.69, 9.17) is 0 Å². The predicted octanol–water partition coefficient (Wildman–Crippen LogP) is 5.73. The second-order valence-electron chi connectivity index (χ2n) is 8.25. The molecule has 0 aliphatic carbocycles. The highest BCUT2D eigenvalue weighted by atomic mass is 32.2. The van der Waals surface area contributed by atoms with E-state index in [0.717, 1.165) is 30.3 Å². The van der Waals surface area contributed by atoms with E-state index in [1.807, 2.05) is 36.4 Å². The first-order valence-electron chi connectivity index (χ1n) is 11.2. The summed E-state index contributed by atoms with van der Waals surface area (Å²) in [6.07, 6.45) is 10.1. The maximum Gasteiger partial charge on any atom is 0.268 e. The van der Waals surface area contributed by atoms with Crippen LogP contribution in [0.3, 0.4) is 0 Å². The van der Waals surface area contributed by atoms with E-state index in [9.17, 15) is 8.42 Å². The summed E-state index contributed by atoms with van der Waals surface area (Å²) in [5, 5.41) is 4.50. The average molecular weight is 455 g/mol. The summed E-state index contributed by atoms with van der Waals surface area (Å²) in [7, 11) is -3.63. The van der Waals surface area contributed by atoms with Crippen molar-refractivity contribution in [1.82, 2.24) is 9.29 Å². The Balaban J connectivity index is 1.35. The molecule has 2 heterocycles. The van der Waals surface area contributed by atoms with Crippen LogP contribution in [0.25, 0.3) is 22.6 Å². The van der Waals surface area contributed by atoms with Crippen LogP contribution in [-0.2, 0) is 10.0 Å². The molecule has 1 N–H and O–H groups in total. The maximum absolute atomic E-state index is 13.1. The molecule has 4 nitrogen and oxygen atoms in total. The van der Waals surface area contributed by atoms with E-state index in [0.29, 0.717) is 11.6 Å². The number of rotatable bonds is 6. The topological polar surface area (TPSA) is 51.1 Å². The lowest BCUT2D eigenvalue weighted by Gasteiger charge is -2.23. The van der Waals surface area contributed by atoms with Crippen LogP contribution in [0.2, 0.25) is 0 Å². The molecule has 0 radical (unpaired) electrons. The molecule has 166 valence electrons. The minimum atomic E-state index is -3.63. The number of benzene rings is 3. The van der Waals surface area contributed by atoms with Gasteiger partial charge in [0.15, 0.2) is 0 Å². The van der Waals surface area contributed by atoms with Crippen molar-refractivity contribution >= 4 is 32.6 Å². The summed E-state index contributed by atoms with van der Waals surface area (Å²) in [6.45, 7) is 0.874. The number of nitrogens with one attached hydrogen (secondary N) is 1. The van der Waals surface area contributed by atoms with Crippen molar-refractivity contribution < 1.29 is 8.42 Å². The number of hydrogen-bond donors (Lipinski definition) is 1. The van der Waals surface area contributed by atoms with E-state index >= 15 is 0 Å². The molecule has 5 heteroatoms. The van der Waals surface area contributed by atoms with Gasteiger partial charge < -0.3 is 5.32 Å². The molecule has 3 aromatic carbocycles. The molecule has 0 bridgehead atoms. The lowest BCUT2D eigenvalue weighted by Crippen LogP contribution is -2.32. The van der Waals surface area contributed by atoms with Crippen LogP contribution in [-0.4, -0.2) is 25.0 Å². The zero-order chi connectivity index (χ0) is 22.7. The van der Waals surface area contributed by atoms with Gasteiger partial charge in [-0.2, -0.15) is 0 Å². The lowest BCUT2D eigenvalue weighted by atomic mass is 9.93. The van der Waals surface area contributed by atoms with Crippen molar-refractivity contribution in [2.75, 3.05) is 6.54 Å². The van der Waals surface area contributed by atoms with Gasteiger partial charge in [0.25, 0.3) is 10.0 Å². The standard InChI is InChI=1S/C28H26N2O2S/c31-33(32,26-14-5-2-6-15-26)30-20-18-27-23(12-8-16-28(27)30)11-7-13-25-21-24(17-19-29-25)22-9-3-1-4-10-22/h1-12,14-18,20,25,29H,13,19,21H2/b11-7+. The maximum atomic E-state index is 13.1. The third kappa shape index (κ3) is 4.42. The van der Waals surface area contributed by atoms with Gasteiger partial charge in [0.1, 0.15) is 0 Å². The second-order valence-corrected chi connectivity index (χ2v) is 10.1. The fourth-order valence-corrected chi connectivity index (χ4v) is 5.78. The Hall–Kier alpha value is -3.41. The molecule has 0 saturated carbocycles. The highest BCUT2D eigenvalue weighted by Gasteiger charge is 2.19. The van der Waals surface area contributed by atoms with Gasteiger partial charge in [-0.3, -0.25) is 0 Å². The quantitative estimate of drug-likeness (QED) is 0.405. The first-order valence-corrected chi connectivity index (χ1v) is 12.6. The van der Waals surface area contributed by atoms with Crippen LogP contribution in [0.4, 0.5) is 0 Å². The number of aromatic nitrogens is 1. The van der Waals surface area contributed by atoms with Crippen LogP contribution in [0.5, 0.6) is 0 Å². The molecule has 1 atom stereocenters. The van der Waals surface area contributed by atoms with Gasteiger partial charge in [-0.25, -0.2) is 12.4 Å². The minimum absolute atomic E-state index is 0.286. The van der Waals surface area contributed by atoms with Crippen LogP contribution in [0.1, 0.15) is 24.0 Å². The normalized spacial score (nSPS) is 16.8. The Morgan fingerprint density at radius 2 is 1.67 bits per heavy atom. The summed E-state index contributed by atoms with van der Waals surface area (Å²) in [5.74, 6) is 0. The molecule has 0 saturated heterocycles. The van der Waals surface area contributed by atoms with Crippen molar-refractivity contribution in [2.24, 2.45) is 0 Å². The Kier molecular flexibility index (Phi) is 5.99. The summed E-state index contributed by atoms with van der Waals surface area (Å²) in [4.78, 5) is 0.286. The van der Waals surface area contributed by atoms with Crippen molar-refractivity contribution in [3.63, 3.8) is 0 Å². The minimum Gasteiger partial charge on any atom is -0.310 e. The number of hydrogen-bond acceptors (Lipinski definition) is 3. The molecule has 5 rings (SSSR count). The molecule has 0 amide bonds. The zero-order valence-corrected chi connectivity index (χ0v) is 19.1. The third-order valence-electron chi connectivity index (χ3n) is 6.11. The third-order valence-corrected chi connectivity index (χ3v) is 7.82. The molecule has 33 heavy (non-hydrogen) atoms. The highest BCUT2D eigenvalue weighted by molar-refractivity contribution is 7.90. The Bertz CT molecular complexity index is 1420. The lowest BCUT2D eigenvalue weighted by molar-refractivity contribution is 0.542. The first-order chi connectivity index (χ1) is 16.1. The van der Waals surface area contributed by atoms with Gasteiger partial charge >= 0.3 is 0 Å². The van der Waals surface area contributed by atoms with Gasteiger partial charge in [0, 0.05) is 24.2 Å². The van der Waals surface area contributed by atoms with E-state index < -0.39 is 10.0 Å². The summed E-state index contributed by atoms with van der Waals surface area (Å²) in [5.41, 5.74) is 4.38. The SMILES string of the molecule is O=S(=O)(c1ccccc1)n1ccc2c(/C=C/CC3CC(c4ccccc4)=CCN3)cccc21. The van der Waals surface area contributed by atoms with Gasteiger partial charge in [-0.1, -0.05) is 78.9 Å². The Morgan fingerprint density at radius 3 is 2.45 bits per heavy atom. The summed E-state index contributed by atoms with van der Waals surface area (Å²) in [6, 6.07) is 27.1.